The van der Waals surface area contributed by atoms with Crippen LogP contribution in [0.15, 0.2) is 36.4 Å². The third-order valence-electron chi connectivity index (χ3n) is 3.07. The topological polar surface area (TPSA) is 53.4 Å². The number of aliphatic hydroxyl groups excluding tert-OH is 1. The molecule has 1 amide bonds. The number of amides is 1. The van der Waals surface area contributed by atoms with Gasteiger partial charge < -0.3 is 10.0 Å². The molecule has 0 aliphatic carbocycles. The molecule has 0 bridgehead atoms. The van der Waals surface area contributed by atoms with Gasteiger partial charge in [-0.1, -0.05) is 24.3 Å². The lowest BCUT2D eigenvalue weighted by molar-refractivity contribution is 0.0749. The summed E-state index contributed by atoms with van der Waals surface area (Å²) in [6, 6.07) is 11.4. The predicted octanol–water partition coefficient (Wildman–Crippen LogP) is 2.08. The summed E-state index contributed by atoms with van der Waals surface area (Å²) in [6.07, 6.45) is 0.590. The van der Waals surface area contributed by atoms with Gasteiger partial charge in [-0.2, -0.15) is 0 Å². The zero-order chi connectivity index (χ0) is 13.7. The lowest BCUT2D eigenvalue weighted by atomic mass is 10.2. The van der Waals surface area contributed by atoms with Crippen molar-refractivity contribution < 1.29 is 9.90 Å². The summed E-state index contributed by atoms with van der Waals surface area (Å²) in [4.78, 5) is 18.4. The molecule has 4 heteroatoms. The highest BCUT2D eigenvalue weighted by atomic mass is 16.3. The number of fused-ring (bicyclic) bond motifs is 1. The molecule has 0 aliphatic rings. The molecule has 0 radical (unpaired) electrons. The minimum absolute atomic E-state index is 0.0818. The molecule has 19 heavy (non-hydrogen) atoms. The van der Waals surface area contributed by atoms with Crippen LogP contribution >= 0.6 is 0 Å². The van der Waals surface area contributed by atoms with Crippen LogP contribution in [0, 0.1) is 0 Å². The fourth-order valence-electron chi connectivity index (χ4n) is 2.01. The smallest absolute Gasteiger partial charge is 0.272 e. The number of rotatable bonds is 5. The highest BCUT2D eigenvalue weighted by Gasteiger charge is 2.15. The molecule has 100 valence electrons. The Hall–Kier alpha value is -1.94. The highest BCUT2D eigenvalue weighted by molar-refractivity contribution is 5.94. The van der Waals surface area contributed by atoms with Crippen LogP contribution in [0.3, 0.4) is 0 Å². The fraction of sp³-hybridized carbons (Fsp3) is 0.333. The number of pyridine rings is 1. The van der Waals surface area contributed by atoms with Crippen LogP contribution in [-0.2, 0) is 0 Å². The van der Waals surface area contributed by atoms with E-state index in [0.717, 1.165) is 10.9 Å². The molecule has 1 heterocycles. The van der Waals surface area contributed by atoms with Gasteiger partial charge in [0.15, 0.2) is 0 Å². The number of benzene rings is 1. The molecule has 0 atom stereocenters. The van der Waals surface area contributed by atoms with Crippen LogP contribution in [0.1, 0.15) is 23.8 Å². The Bertz CT molecular complexity index is 569. The number of carbonyl (C=O) groups excluding carboxylic acids is 1. The average Bonchev–Trinajstić information content (AvgIpc) is 2.47. The molecule has 0 fully saturated rings. The first-order chi connectivity index (χ1) is 9.26. The minimum atomic E-state index is -0.0818. The van der Waals surface area contributed by atoms with Gasteiger partial charge in [0, 0.05) is 25.1 Å². The first-order valence-electron chi connectivity index (χ1n) is 6.52. The number of para-hydroxylation sites is 1. The molecule has 0 unspecified atom stereocenters. The standard InChI is InChI=1S/C15H18N2O2/c1-2-17(10-5-11-18)15(19)14-9-8-12-6-3-4-7-13(12)16-14/h3-4,6-9,18H,2,5,10-11H2,1H3. The Morgan fingerprint density at radius 3 is 2.79 bits per heavy atom. The molecule has 4 nitrogen and oxygen atoms in total. The summed E-state index contributed by atoms with van der Waals surface area (Å²) >= 11 is 0. The van der Waals surface area contributed by atoms with E-state index < -0.39 is 0 Å². The second-order valence-corrected chi connectivity index (χ2v) is 4.35. The van der Waals surface area contributed by atoms with Crippen molar-refractivity contribution in [3.05, 3.63) is 42.1 Å². The fourth-order valence-corrected chi connectivity index (χ4v) is 2.01. The maximum Gasteiger partial charge on any atom is 0.272 e. The number of carbonyl (C=O) groups is 1. The van der Waals surface area contributed by atoms with Gasteiger partial charge in [0.1, 0.15) is 5.69 Å². The van der Waals surface area contributed by atoms with Gasteiger partial charge in [-0.05, 0) is 25.5 Å². The normalized spacial score (nSPS) is 10.6. The Kier molecular flexibility index (Phi) is 4.47. The summed E-state index contributed by atoms with van der Waals surface area (Å²) in [5.74, 6) is -0.0818. The number of aliphatic hydroxyl groups is 1. The predicted molar refractivity (Wildman–Crippen MR) is 75.0 cm³/mol. The van der Waals surface area contributed by atoms with Crippen molar-refractivity contribution in [2.75, 3.05) is 19.7 Å². The SMILES string of the molecule is CCN(CCCO)C(=O)c1ccc2ccccc2n1. The van der Waals surface area contributed by atoms with Gasteiger partial charge in [-0.3, -0.25) is 4.79 Å². The van der Waals surface area contributed by atoms with E-state index in [9.17, 15) is 4.79 Å². The summed E-state index contributed by atoms with van der Waals surface area (Å²) in [7, 11) is 0. The van der Waals surface area contributed by atoms with Crippen molar-refractivity contribution in [2.24, 2.45) is 0 Å². The van der Waals surface area contributed by atoms with E-state index in [4.69, 9.17) is 5.11 Å². The zero-order valence-corrected chi connectivity index (χ0v) is 11.0. The van der Waals surface area contributed by atoms with Crippen LogP contribution in [0.25, 0.3) is 10.9 Å². The molecular weight excluding hydrogens is 240 g/mol. The molecule has 1 aromatic heterocycles. The van der Waals surface area contributed by atoms with Crippen LogP contribution in [0.4, 0.5) is 0 Å². The number of hydrogen-bond donors (Lipinski definition) is 1. The minimum Gasteiger partial charge on any atom is -0.396 e. The van der Waals surface area contributed by atoms with Gasteiger partial charge in [-0.15, -0.1) is 0 Å². The molecule has 0 spiro atoms. The lowest BCUT2D eigenvalue weighted by Gasteiger charge is -2.20. The largest absolute Gasteiger partial charge is 0.396 e. The maximum atomic E-state index is 12.3. The number of nitrogens with zero attached hydrogens (tertiary/aromatic N) is 2. The highest BCUT2D eigenvalue weighted by Crippen LogP contribution is 2.13. The van der Waals surface area contributed by atoms with Gasteiger partial charge in [0.25, 0.3) is 5.91 Å². The average molecular weight is 258 g/mol. The van der Waals surface area contributed by atoms with Crippen LogP contribution < -0.4 is 0 Å². The zero-order valence-electron chi connectivity index (χ0n) is 11.0. The Morgan fingerprint density at radius 2 is 2.05 bits per heavy atom. The van der Waals surface area contributed by atoms with E-state index in [2.05, 4.69) is 4.98 Å². The van der Waals surface area contributed by atoms with Crippen molar-refractivity contribution >= 4 is 16.8 Å². The van der Waals surface area contributed by atoms with Crippen molar-refractivity contribution in [2.45, 2.75) is 13.3 Å². The van der Waals surface area contributed by atoms with Crippen LogP contribution in [-0.4, -0.2) is 40.6 Å². The first-order valence-corrected chi connectivity index (χ1v) is 6.52. The van der Waals surface area contributed by atoms with Crippen LogP contribution in [0.2, 0.25) is 0 Å². The van der Waals surface area contributed by atoms with Gasteiger partial charge >= 0.3 is 0 Å². The van der Waals surface area contributed by atoms with Gasteiger partial charge in [-0.25, -0.2) is 4.98 Å². The van der Waals surface area contributed by atoms with E-state index in [1.54, 1.807) is 11.0 Å². The molecular formula is C15H18N2O2. The molecule has 1 N–H and O–H groups in total. The van der Waals surface area contributed by atoms with Crippen molar-refractivity contribution in [3.63, 3.8) is 0 Å². The van der Waals surface area contributed by atoms with Crippen molar-refractivity contribution in [1.82, 2.24) is 9.88 Å². The molecule has 0 aliphatic heterocycles. The molecule has 0 saturated heterocycles. The molecule has 2 aromatic rings. The summed E-state index contributed by atoms with van der Waals surface area (Å²) < 4.78 is 0. The van der Waals surface area contributed by atoms with Crippen molar-refractivity contribution in [1.29, 1.82) is 0 Å². The lowest BCUT2D eigenvalue weighted by Crippen LogP contribution is -2.32. The Morgan fingerprint density at radius 1 is 1.26 bits per heavy atom. The third-order valence-corrected chi connectivity index (χ3v) is 3.07. The van der Waals surface area contributed by atoms with E-state index >= 15 is 0 Å². The summed E-state index contributed by atoms with van der Waals surface area (Å²) in [5, 5.41) is 9.88. The van der Waals surface area contributed by atoms with Gasteiger partial charge in [0.2, 0.25) is 0 Å². The van der Waals surface area contributed by atoms with E-state index in [1.165, 1.54) is 0 Å². The maximum absolute atomic E-state index is 12.3. The van der Waals surface area contributed by atoms with Crippen molar-refractivity contribution in [3.8, 4) is 0 Å². The quantitative estimate of drug-likeness (QED) is 0.893. The van der Waals surface area contributed by atoms with E-state index in [0.29, 0.717) is 25.2 Å². The Labute approximate surface area is 112 Å². The van der Waals surface area contributed by atoms with Gasteiger partial charge in [0.05, 0.1) is 5.52 Å². The summed E-state index contributed by atoms with van der Waals surface area (Å²) in [6.45, 7) is 3.19. The third kappa shape index (κ3) is 3.09. The summed E-state index contributed by atoms with van der Waals surface area (Å²) in [5.41, 5.74) is 1.28. The monoisotopic (exact) mass is 258 g/mol. The van der Waals surface area contributed by atoms with E-state index in [-0.39, 0.29) is 12.5 Å². The second kappa shape index (κ2) is 6.29. The molecule has 2 rings (SSSR count). The second-order valence-electron chi connectivity index (χ2n) is 4.35. The van der Waals surface area contributed by atoms with E-state index in [1.807, 2.05) is 37.3 Å². The Balaban J connectivity index is 2.24. The molecule has 0 saturated carbocycles. The number of aromatic nitrogens is 1. The first kappa shape index (κ1) is 13.5. The number of hydrogen-bond acceptors (Lipinski definition) is 3. The van der Waals surface area contributed by atoms with Crippen LogP contribution in [0.5, 0.6) is 0 Å². The molecule has 1 aromatic carbocycles.